The van der Waals surface area contributed by atoms with Crippen LogP contribution in [0.1, 0.15) is 44.5 Å². The summed E-state index contributed by atoms with van der Waals surface area (Å²) < 4.78 is 5.35. The Morgan fingerprint density at radius 3 is 2.27 bits per heavy atom. The third-order valence-electron chi connectivity index (χ3n) is 3.21. The molecule has 0 saturated heterocycles. The molecule has 0 aliphatic carbocycles. The Bertz CT molecular complexity index is 483. The maximum absolute atomic E-state index is 12.3. The molecule has 1 aromatic carbocycles. The van der Waals surface area contributed by atoms with Gasteiger partial charge in [0.2, 0.25) is 5.91 Å². The monoisotopic (exact) mass is 306 g/mol. The highest BCUT2D eigenvalue weighted by Crippen LogP contribution is 2.12. The predicted molar refractivity (Wildman–Crippen MR) is 87.0 cm³/mol. The van der Waals surface area contributed by atoms with E-state index in [4.69, 9.17) is 4.74 Å². The molecule has 1 aromatic rings. The molecule has 2 amide bonds. The molecule has 0 aliphatic heterocycles. The molecule has 0 aromatic heterocycles. The molecule has 0 spiro atoms. The van der Waals surface area contributed by atoms with Crippen molar-refractivity contribution < 1.29 is 14.3 Å². The van der Waals surface area contributed by atoms with Crippen molar-refractivity contribution in [3.05, 3.63) is 29.8 Å². The third kappa shape index (κ3) is 5.39. The van der Waals surface area contributed by atoms with Gasteiger partial charge in [-0.2, -0.15) is 0 Å². The number of carbonyl (C=O) groups excluding carboxylic acids is 2. The molecule has 0 heterocycles. The standard InChI is InChI=1S/C17H26N2O3/c1-5-11-18-17(21)15(12(3)4)19-16(20)13-7-9-14(10-8-13)22-6-2/h7-10,12,15H,5-6,11H2,1-4H3,(H,18,21)(H,19,20). The molecule has 1 rings (SSSR count). The zero-order chi connectivity index (χ0) is 16.5. The van der Waals surface area contributed by atoms with E-state index < -0.39 is 6.04 Å². The minimum absolute atomic E-state index is 0.0171. The van der Waals surface area contributed by atoms with Gasteiger partial charge in [-0.25, -0.2) is 0 Å². The zero-order valence-corrected chi connectivity index (χ0v) is 13.8. The van der Waals surface area contributed by atoms with Crippen LogP contribution < -0.4 is 15.4 Å². The molecule has 5 nitrogen and oxygen atoms in total. The first-order valence-corrected chi connectivity index (χ1v) is 7.81. The van der Waals surface area contributed by atoms with Gasteiger partial charge in [0.1, 0.15) is 11.8 Å². The minimum atomic E-state index is -0.536. The number of amides is 2. The molecule has 1 unspecified atom stereocenters. The lowest BCUT2D eigenvalue weighted by Gasteiger charge is -2.21. The molecule has 122 valence electrons. The van der Waals surface area contributed by atoms with Crippen LogP contribution >= 0.6 is 0 Å². The first-order valence-electron chi connectivity index (χ1n) is 7.81. The highest BCUT2D eigenvalue weighted by molar-refractivity contribution is 5.97. The van der Waals surface area contributed by atoms with Crippen LogP contribution in [0.5, 0.6) is 5.75 Å². The number of ether oxygens (including phenoxy) is 1. The summed E-state index contributed by atoms with van der Waals surface area (Å²) in [6, 6.07) is 6.36. The Balaban J connectivity index is 2.72. The Hall–Kier alpha value is -2.04. The summed E-state index contributed by atoms with van der Waals surface area (Å²) in [4.78, 5) is 24.4. The SMILES string of the molecule is CCCNC(=O)C(NC(=O)c1ccc(OCC)cc1)C(C)C. The van der Waals surface area contributed by atoms with Crippen molar-refractivity contribution in [2.45, 2.75) is 40.2 Å². The van der Waals surface area contributed by atoms with Gasteiger partial charge in [-0.3, -0.25) is 9.59 Å². The minimum Gasteiger partial charge on any atom is -0.494 e. The number of rotatable bonds is 8. The number of carbonyl (C=O) groups is 2. The Morgan fingerprint density at radius 2 is 1.77 bits per heavy atom. The van der Waals surface area contributed by atoms with E-state index in [9.17, 15) is 9.59 Å². The van der Waals surface area contributed by atoms with Crippen LogP contribution in [0, 0.1) is 5.92 Å². The summed E-state index contributed by atoms with van der Waals surface area (Å²) in [5.74, 6) is 0.341. The summed E-state index contributed by atoms with van der Waals surface area (Å²) in [6.45, 7) is 8.91. The molecule has 5 heteroatoms. The van der Waals surface area contributed by atoms with Gasteiger partial charge < -0.3 is 15.4 Å². The largest absolute Gasteiger partial charge is 0.494 e. The number of nitrogens with one attached hydrogen (secondary N) is 2. The van der Waals surface area contributed by atoms with Crippen LogP contribution in [-0.2, 0) is 4.79 Å². The van der Waals surface area contributed by atoms with Gasteiger partial charge in [0, 0.05) is 12.1 Å². The zero-order valence-electron chi connectivity index (χ0n) is 13.8. The van der Waals surface area contributed by atoms with Crippen molar-refractivity contribution in [1.82, 2.24) is 10.6 Å². The topological polar surface area (TPSA) is 67.4 Å². The first kappa shape index (κ1) is 18.0. The molecule has 0 bridgehead atoms. The van der Waals surface area contributed by atoms with Gasteiger partial charge in [0.05, 0.1) is 6.61 Å². The fourth-order valence-corrected chi connectivity index (χ4v) is 1.99. The molecule has 2 N–H and O–H groups in total. The van der Waals surface area contributed by atoms with Gasteiger partial charge in [-0.1, -0.05) is 20.8 Å². The van der Waals surface area contributed by atoms with E-state index in [0.717, 1.165) is 12.2 Å². The Kier molecular flexibility index (Phi) is 7.43. The number of hydrogen-bond donors (Lipinski definition) is 2. The summed E-state index contributed by atoms with van der Waals surface area (Å²) in [7, 11) is 0. The molecule has 0 radical (unpaired) electrons. The van der Waals surface area contributed by atoms with E-state index >= 15 is 0 Å². The Morgan fingerprint density at radius 1 is 1.14 bits per heavy atom. The molecule has 22 heavy (non-hydrogen) atoms. The van der Waals surface area contributed by atoms with Gasteiger partial charge in [0.15, 0.2) is 0 Å². The third-order valence-corrected chi connectivity index (χ3v) is 3.21. The first-order chi connectivity index (χ1) is 10.5. The van der Waals surface area contributed by atoms with Gasteiger partial charge in [-0.05, 0) is 43.5 Å². The predicted octanol–water partition coefficient (Wildman–Crippen LogP) is 2.37. The second kappa shape index (κ2) is 9.07. The quantitative estimate of drug-likeness (QED) is 0.775. The van der Waals surface area contributed by atoms with Crippen LogP contribution in [0.4, 0.5) is 0 Å². The lowest BCUT2D eigenvalue weighted by molar-refractivity contribution is -0.123. The van der Waals surface area contributed by atoms with Crippen molar-refractivity contribution >= 4 is 11.8 Å². The molecule has 0 saturated carbocycles. The van der Waals surface area contributed by atoms with Gasteiger partial charge >= 0.3 is 0 Å². The van der Waals surface area contributed by atoms with E-state index in [1.54, 1.807) is 24.3 Å². The molecule has 0 aliphatic rings. The van der Waals surface area contributed by atoms with Crippen LogP contribution in [0.15, 0.2) is 24.3 Å². The van der Waals surface area contributed by atoms with Crippen molar-refractivity contribution in [2.24, 2.45) is 5.92 Å². The summed E-state index contributed by atoms with van der Waals surface area (Å²) in [5.41, 5.74) is 0.511. The van der Waals surface area contributed by atoms with Crippen LogP contribution in [0.2, 0.25) is 0 Å². The van der Waals surface area contributed by atoms with Gasteiger partial charge in [0.25, 0.3) is 5.91 Å². The van der Waals surface area contributed by atoms with E-state index in [-0.39, 0.29) is 17.7 Å². The lowest BCUT2D eigenvalue weighted by atomic mass is 10.0. The van der Waals surface area contributed by atoms with Gasteiger partial charge in [-0.15, -0.1) is 0 Å². The molecule has 0 fully saturated rings. The summed E-state index contributed by atoms with van der Waals surface area (Å²) >= 11 is 0. The molecular formula is C17H26N2O3. The maximum atomic E-state index is 12.3. The normalized spacial score (nSPS) is 11.9. The smallest absolute Gasteiger partial charge is 0.251 e. The van der Waals surface area contributed by atoms with Crippen molar-refractivity contribution in [1.29, 1.82) is 0 Å². The fourth-order valence-electron chi connectivity index (χ4n) is 1.99. The average molecular weight is 306 g/mol. The second-order valence-electron chi connectivity index (χ2n) is 5.44. The van der Waals surface area contributed by atoms with Crippen LogP contribution in [0.3, 0.4) is 0 Å². The van der Waals surface area contributed by atoms with E-state index in [1.807, 2.05) is 27.7 Å². The molecular weight excluding hydrogens is 280 g/mol. The summed E-state index contributed by atoms with van der Waals surface area (Å²) in [5, 5.41) is 5.62. The second-order valence-corrected chi connectivity index (χ2v) is 5.44. The fraction of sp³-hybridized carbons (Fsp3) is 0.529. The lowest BCUT2D eigenvalue weighted by Crippen LogP contribution is -2.49. The van der Waals surface area contributed by atoms with Crippen LogP contribution in [0.25, 0.3) is 0 Å². The Labute approximate surface area is 132 Å². The number of hydrogen-bond acceptors (Lipinski definition) is 3. The van der Waals surface area contributed by atoms with E-state index in [0.29, 0.717) is 18.7 Å². The van der Waals surface area contributed by atoms with Crippen molar-refractivity contribution in [2.75, 3.05) is 13.2 Å². The average Bonchev–Trinajstić information content (AvgIpc) is 2.50. The van der Waals surface area contributed by atoms with Crippen molar-refractivity contribution in [3.8, 4) is 5.75 Å². The summed E-state index contributed by atoms with van der Waals surface area (Å²) in [6.07, 6.45) is 0.864. The highest BCUT2D eigenvalue weighted by Gasteiger charge is 2.24. The highest BCUT2D eigenvalue weighted by atomic mass is 16.5. The molecule has 1 atom stereocenters. The maximum Gasteiger partial charge on any atom is 0.251 e. The van der Waals surface area contributed by atoms with E-state index in [2.05, 4.69) is 10.6 Å². The van der Waals surface area contributed by atoms with E-state index in [1.165, 1.54) is 0 Å². The van der Waals surface area contributed by atoms with Crippen molar-refractivity contribution in [3.63, 3.8) is 0 Å². The number of benzene rings is 1. The van der Waals surface area contributed by atoms with Crippen LogP contribution in [-0.4, -0.2) is 31.0 Å².